The molecule has 0 aromatic heterocycles. The third-order valence-corrected chi connectivity index (χ3v) is 4.12. The van der Waals surface area contributed by atoms with Crippen LogP contribution >= 0.6 is 0 Å². The first kappa shape index (κ1) is 16.1. The van der Waals surface area contributed by atoms with Crippen molar-refractivity contribution in [3.8, 4) is 0 Å². The second-order valence-corrected chi connectivity index (χ2v) is 6.17. The summed E-state index contributed by atoms with van der Waals surface area (Å²) in [6.07, 6.45) is 2.17. The molecule has 0 atom stereocenters. The van der Waals surface area contributed by atoms with Crippen molar-refractivity contribution in [2.45, 2.75) is 33.1 Å². The molecule has 0 spiro atoms. The quantitative estimate of drug-likeness (QED) is 0.774. The zero-order valence-electron chi connectivity index (χ0n) is 13.9. The number of rotatable bonds is 2. The van der Waals surface area contributed by atoms with Crippen molar-refractivity contribution in [2.75, 3.05) is 16.0 Å². The van der Waals surface area contributed by atoms with Gasteiger partial charge in [0.05, 0.1) is 0 Å². The molecule has 5 heteroatoms. The van der Waals surface area contributed by atoms with E-state index >= 15 is 0 Å². The molecule has 5 nitrogen and oxygen atoms in total. The summed E-state index contributed by atoms with van der Waals surface area (Å²) in [5.74, 6) is 0.0436. The number of urea groups is 1. The van der Waals surface area contributed by atoms with Gasteiger partial charge in [0, 0.05) is 23.5 Å². The number of nitrogens with one attached hydrogen (secondary N) is 3. The van der Waals surface area contributed by atoms with E-state index in [1.807, 2.05) is 44.2 Å². The van der Waals surface area contributed by atoms with Gasteiger partial charge in [-0.25, -0.2) is 4.79 Å². The fraction of sp³-hybridized carbons (Fsp3) is 0.263. The third kappa shape index (κ3) is 3.74. The Hall–Kier alpha value is -2.82. The number of hydrogen-bond donors (Lipinski definition) is 3. The van der Waals surface area contributed by atoms with Crippen molar-refractivity contribution < 1.29 is 9.59 Å². The van der Waals surface area contributed by atoms with Crippen LogP contribution in [0.5, 0.6) is 0 Å². The van der Waals surface area contributed by atoms with Crippen LogP contribution in [-0.4, -0.2) is 11.9 Å². The van der Waals surface area contributed by atoms with Gasteiger partial charge >= 0.3 is 6.03 Å². The second-order valence-electron chi connectivity index (χ2n) is 6.17. The Morgan fingerprint density at radius 3 is 2.67 bits per heavy atom. The summed E-state index contributed by atoms with van der Waals surface area (Å²) < 4.78 is 0. The van der Waals surface area contributed by atoms with E-state index < -0.39 is 0 Å². The zero-order valence-corrected chi connectivity index (χ0v) is 13.9. The Morgan fingerprint density at radius 2 is 1.88 bits per heavy atom. The molecule has 3 amide bonds. The lowest BCUT2D eigenvalue weighted by molar-refractivity contribution is -0.116. The Bertz CT molecular complexity index is 799. The van der Waals surface area contributed by atoms with E-state index in [4.69, 9.17) is 0 Å². The molecule has 1 aliphatic rings. The van der Waals surface area contributed by atoms with Gasteiger partial charge < -0.3 is 16.0 Å². The first-order chi connectivity index (χ1) is 11.5. The average molecular weight is 323 g/mol. The highest BCUT2D eigenvalue weighted by atomic mass is 16.2. The summed E-state index contributed by atoms with van der Waals surface area (Å²) in [4.78, 5) is 23.8. The van der Waals surface area contributed by atoms with E-state index in [-0.39, 0.29) is 11.9 Å². The molecule has 1 aliphatic heterocycles. The monoisotopic (exact) mass is 323 g/mol. The van der Waals surface area contributed by atoms with Gasteiger partial charge in [-0.2, -0.15) is 0 Å². The summed E-state index contributed by atoms with van der Waals surface area (Å²) in [6, 6.07) is 11.2. The van der Waals surface area contributed by atoms with E-state index in [1.165, 1.54) is 0 Å². The van der Waals surface area contributed by atoms with Gasteiger partial charge in [0.25, 0.3) is 0 Å². The molecule has 24 heavy (non-hydrogen) atoms. The van der Waals surface area contributed by atoms with Gasteiger partial charge in [0.2, 0.25) is 5.91 Å². The van der Waals surface area contributed by atoms with Crippen LogP contribution in [0.4, 0.5) is 21.9 Å². The molecule has 0 fully saturated rings. The molecule has 3 N–H and O–H groups in total. The number of aryl methyl sites for hydroxylation is 3. The predicted octanol–water partition coefficient (Wildman–Crippen LogP) is 4.22. The SMILES string of the molecule is Cc1ccc(NC(=O)Nc2ccc3c(c2)CCCC(=O)N3)c(C)c1. The first-order valence-electron chi connectivity index (χ1n) is 8.09. The minimum atomic E-state index is -0.278. The molecule has 0 saturated carbocycles. The Labute approximate surface area is 141 Å². The Morgan fingerprint density at radius 1 is 1.04 bits per heavy atom. The van der Waals surface area contributed by atoms with E-state index in [2.05, 4.69) is 16.0 Å². The maximum atomic E-state index is 12.2. The van der Waals surface area contributed by atoms with Crippen molar-refractivity contribution in [2.24, 2.45) is 0 Å². The maximum Gasteiger partial charge on any atom is 0.323 e. The minimum absolute atomic E-state index is 0.0436. The van der Waals surface area contributed by atoms with Crippen LogP contribution in [-0.2, 0) is 11.2 Å². The third-order valence-electron chi connectivity index (χ3n) is 4.12. The van der Waals surface area contributed by atoms with Crippen molar-refractivity contribution in [1.82, 2.24) is 0 Å². The number of benzene rings is 2. The van der Waals surface area contributed by atoms with Crippen molar-refractivity contribution in [3.05, 3.63) is 53.1 Å². The summed E-state index contributed by atoms with van der Waals surface area (Å²) in [5, 5.41) is 8.61. The lowest BCUT2D eigenvalue weighted by Crippen LogP contribution is -2.20. The topological polar surface area (TPSA) is 70.2 Å². The average Bonchev–Trinajstić information content (AvgIpc) is 2.70. The highest BCUT2D eigenvalue weighted by Crippen LogP contribution is 2.25. The number of carbonyl (C=O) groups excluding carboxylic acids is 2. The van der Waals surface area contributed by atoms with E-state index in [0.29, 0.717) is 12.1 Å². The molecule has 3 rings (SSSR count). The van der Waals surface area contributed by atoms with Crippen molar-refractivity contribution in [3.63, 3.8) is 0 Å². The predicted molar refractivity (Wildman–Crippen MR) is 96.6 cm³/mol. The molecule has 2 aromatic carbocycles. The van der Waals surface area contributed by atoms with E-state index in [1.54, 1.807) is 6.07 Å². The zero-order chi connectivity index (χ0) is 17.1. The fourth-order valence-electron chi connectivity index (χ4n) is 2.89. The molecule has 0 saturated heterocycles. The van der Waals surface area contributed by atoms with Gasteiger partial charge in [-0.15, -0.1) is 0 Å². The molecule has 124 valence electrons. The maximum absolute atomic E-state index is 12.2. The van der Waals surface area contributed by atoms with Crippen LogP contribution in [0, 0.1) is 13.8 Å². The largest absolute Gasteiger partial charge is 0.326 e. The molecule has 2 aromatic rings. The number of carbonyl (C=O) groups is 2. The van der Waals surface area contributed by atoms with Gasteiger partial charge in [-0.1, -0.05) is 17.7 Å². The van der Waals surface area contributed by atoms with Gasteiger partial charge in [0.1, 0.15) is 0 Å². The van der Waals surface area contributed by atoms with Gasteiger partial charge in [-0.3, -0.25) is 4.79 Å². The summed E-state index contributed by atoms with van der Waals surface area (Å²) >= 11 is 0. The summed E-state index contributed by atoms with van der Waals surface area (Å²) in [5.41, 5.74) is 5.57. The van der Waals surface area contributed by atoms with Crippen LogP contribution in [0.2, 0.25) is 0 Å². The standard InChI is InChI=1S/C19H21N3O2/c1-12-6-8-16(13(2)10-12)22-19(24)20-15-7-9-17-14(11-15)4-3-5-18(23)21-17/h6-11H,3-5H2,1-2H3,(H,21,23)(H2,20,22,24). The molecule has 0 bridgehead atoms. The normalized spacial score (nSPS) is 13.5. The van der Waals surface area contributed by atoms with Crippen LogP contribution in [0.25, 0.3) is 0 Å². The Balaban J connectivity index is 1.70. The molecule has 0 unspecified atom stereocenters. The van der Waals surface area contributed by atoms with E-state index in [9.17, 15) is 9.59 Å². The highest BCUT2D eigenvalue weighted by molar-refractivity contribution is 6.00. The molecule has 0 aliphatic carbocycles. The second kappa shape index (κ2) is 6.74. The highest BCUT2D eigenvalue weighted by Gasteiger charge is 2.13. The lowest BCUT2D eigenvalue weighted by Gasteiger charge is -2.12. The van der Waals surface area contributed by atoms with Crippen LogP contribution < -0.4 is 16.0 Å². The number of fused-ring (bicyclic) bond motifs is 1. The fourth-order valence-corrected chi connectivity index (χ4v) is 2.89. The number of anilines is 3. The molecule has 1 heterocycles. The van der Waals surface area contributed by atoms with Gasteiger partial charge in [0.15, 0.2) is 0 Å². The summed E-state index contributed by atoms with van der Waals surface area (Å²) in [6.45, 7) is 3.99. The van der Waals surface area contributed by atoms with Crippen molar-refractivity contribution >= 4 is 29.0 Å². The minimum Gasteiger partial charge on any atom is -0.326 e. The van der Waals surface area contributed by atoms with Crippen LogP contribution in [0.1, 0.15) is 29.5 Å². The summed E-state index contributed by atoms with van der Waals surface area (Å²) in [7, 11) is 0. The first-order valence-corrected chi connectivity index (χ1v) is 8.09. The van der Waals surface area contributed by atoms with E-state index in [0.717, 1.165) is 40.9 Å². The van der Waals surface area contributed by atoms with Crippen LogP contribution in [0.3, 0.4) is 0 Å². The van der Waals surface area contributed by atoms with Gasteiger partial charge in [-0.05, 0) is 62.1 Å². The molecular formula is C19H21N3O2. The van der Waals surface area contributed by atoms with Crippen molar-refractivity contribution in [1.29, 1.82) is 0 Å². The number of amides is 3. The smallest absolute Gasteiger partial charge is 0.323 e. The molecule has 0 radical (unpaired) electrons. The number of hydrogen-bond acceptors (Lipinski definition) is 2. The Kier molecular flexibility index (Phi) is 4.51. The van der Waals surface area contributed by atoms with Crippen LogP contribution in [0.15, 0.2) is 36.4 Å². The lowest BCUT2D eigenvalue weighted by atomic mass is 10.1. The molecular weight excluding hydrogens is 302 g/mol.